The van der Waals surface area contributed by atoms with E-state index in [9.17, 15) is 14.3 Å². The molecule has 1 heterocycles. The molecule has 3 N–H and O–H groups in total. The summed E-state index contributed by atoms with van der Waals surface area (Å²) in [7, 11) is 0. The zero-order valence-electron chi connectivity index (χ0n) is 12.4. The van der Waals surface area contributed by atoms with Gasteiger partial charge in [-0.05, 0) is 25.0 Å². The standard InChI is InChI=1S/C16H20FN3O2/c17-11-7-12(14-13(8-11)19-10-20-14)15(21)18-9-16(22)5-3-1-2-4-6-16/h7-8,10,22H,1-6,9H2,(H,18,21)(H,19,20). The summed E-state index contributed by atoms with van der Waals surface area (Å²) < 4.78 is 13.6. The highest BCUT2D eigenvalue weighted by Gasteiger charge is 2.28. The number of nitrogens with zero attached hydrogens (tertiary/aromatic N) is 1. The van der Waals surface area contributed by atoms with Gasteiger partial charge in [-0.3, -0.25) is 4.79 Å². The van der Waals surface area contributed by atoms with Crippen molar-refractivity contribution in [3.05, 3.63) is 29.8 Å². The number of aliphatic hydroxyl groups is 1. The molecule has 0 atom stereocenters. The molecule has 0 saturated heterocycles. The van der Waals surface area contributed by atoms with E-state index in [-0.39, 0.29) is 12.1 Å². The molecule has 6 heteroatoms. The van der Waals surface area contributed by atoms with Gasteiger partial charge in [0.1, 0.15) is 11.3 Å². The normalized spacial score (nSPS) is 18.1. The highest BCUT2D eigenvalue weighted by Crippen LogP contribution is 2.26. The second-order valence-corrected chi connectivity index (χ2v) is 6.07. The number of H-pyrrole nitrogens is 1. The lowest BCUT2D eigenvalue weighted by Crippen LogP contribution is -2.42. The van der Waals surface area contributed by atoms with Crippen molar-refractivity contribution < 1.29 is 14.3 Å². The average molecular weight is 305 g/mol. The number of aromatic nitrogens is 2. The van der Waals surface area contributed by atoms with Crippen LogP contribution in [0.4, 0.5) is 4.39 Å². The van der Waals surface area contributed by atoms with Crippen molar-refractivity contribution in [2.24, 2.45) is 0 Å². The first-order chi connectivity index (χ1) is 10.6. The molecule has 1 amide bonds. The smallest absolute Gasteiger partial charge is 0.253 e. The van der Waals surface area contributed by atoms with Gasteiger partial charge < -0.3 is 15.4 Å². The van der Waals surface area contributed by atoms with E-state index in [4.69, 9.17) is 0 Å². The van der Waals surface area contributed by atoms with Crippen LogP contribution in [-0.2, 0) is 0 Å². The quantitative estimate of drug-likeness (QED) is 0.762. The van der Waals surface area contributed by atoms with Crippen LogP contribution in [0, 0.1) is 5.82 Å². The first kappa shape index (κ1) is 15.0. The summed E-state index contributed by atoms with van der Waals surface area (Å²) in [6, 6.07) is 2.48. The molecule has 0 spiro atoms. The fourth-order valence-electron chi connectivity index (χ4n) is 3.09. The Kier molecular flexibility index (Phi) is 4.11. The number of amides is 1. The summed E-state index contributed by atoms with van der Waals surface area (Å²) in [6.07, 6.45) is 6.98. The molecule has 3 rings (SSSR count). The van der Waals surface area contributed by atoms with Gasteiger partial charge in [-0.25, -0.2) is 9.37 Å². The third-order valence-electron chi connectivity index (χ3n) is 4.35. The van der Waals surface area contributed by atoms with Crippen molar-refractivity contribution in [1.29, 1.82) is 0 Å². The molecule has 1 saturated carbocycles. The van der Waals surface area contributed by atoms with Crippen LogP contribution in [0.2, 0.25) is 0 Å². The van der Waals surface area contributed by atoms with Crippen LogP contribution in [-0.4, -0.2) is 33.1 Å². The second kappa shape index (κ2) is 6.04. The average Bonchev–Trinajstić information content (AvgIpc) is 2.85. The minimum Gasteiger partial charge on any atom is -0.388 e. The highest BCUT2D eigenvalue weighted by molar-refractivity contribution is 6.04. The molecule has 22 heavy (non-hydrogen) atoms. The number of fused-ring (bicyclic) bond motifs is 1. The first-order valence-electron chi connectivity index (χ1n) is 7.71. The predicted molar refractivity (Wildman–Crippen MR) is 81.0 cm³/mol. The number of carbonyl (C=O) groups excluding carboxylic acids is 1. The molecule has 1 aliphatic carbocycles. The Morgan fingerprint density at radius 3 is 2.77 bits per heavy atom. The Labute approximate surface area is 127 Å². The summed E-state index contributed by atoms with van der Waals surface area (Å²) in [5, 5.41) is 13.3. The van der Waals surface area contributed by atoms with Crippen molar-refractivity contribution >= 4 is 16.9 Å². The van der Waals surface area contributed by atoms with Gasteiger partial charge >= 0.3 is 0 Å². The number of aromatic amines is 1. The van der Waals surface area contributed by atoms with Crippen molar-refractivity contribution in [1.82, 2.24) is 15.3 Å². The lowest BCUT2D eigenvalue weighted by atomic mass is 9.94. The summed E-state index contributed by atoms with van der Waals surface area (Å²) >= 11 is 0. The van der Waals surface area contributed by atoms with E-state index in [1.165, 1.54) is 18.5 Å². The van der Waals surface area contributed by atoms with Crippen molar-refractivity contribution in [3.63, 3.8) is 0 Å². The summed E-state index contributed by atoms with van der Waals surface area (Å²) in [5.41, 5.74) is 0.253. The van der Waals surface area contributed by atoms with Crippen LogP contribution in [0.5, 0.6) is 0 Å². The second-order valence-electron chi connectivity index (χ2n) is 6.07. The van der Waals surface area contributed by atoms with Crippen molar-refractivity contribution in [2.45, 2.75) is 44.1 Å². The molecule has 118 valence electrons. The zero-order valence-corrected chi connectivity index (χ0v) is 12.4. The number of benzene rings is 1. The molecular weight excluding hydrogens is 285 g/mol. The molecule has 1 aliphatic rings. The molecule has 1 aromatic carbocycles. The number of halogens is 1. The summed E-state index contributed by atoms with van der Waals surface area (Å²) in [6.45, 7) is 0.189. The molecule has 0 radical (unpaired) electrons. The third-order valence-corrected chi connectivity index (χ3v) is 4.35. The number of rotatable bonds is 3. The Morgan fingerprint density at radius 2 is 2.05 bits per heavy atom. The number of hydrogen-bond donors (Lipinski definition) is 3. The molecule has 0 aliphatic heterocycles. The predicted octanol–water partition coefficient (Wildman–Crippen LogP) is 2.52. The Bertz CT molecular complexity index is 675. The first-order valence-corrected chi connectivity index (χ1v) is 7.71. The van der Waals surface area contributed by atoms with Crippen LogP contribution in [0.25, 0.3) is 11.0 Å². The number of imidazole rings is 1. The Balaban J connectivity index is 1.74. The molecule has 0 unspecified atom stereocenters. The molecular formula is C16H20FN3O2. The van der Waals surface area contributed by atoms with E-state index in [0.717, 1.165) is 25.7 Å². The maximum atomic E-state index is 13.6. The minimum absolute atomic E-state index is 0.188. The van der Waals surface area contributed by atoms with Crippen LogP contribution >= 0.6 is 0 Å². The van der Waals surface area contributed by atoms with Gasteiger partial charge in [0.2, 0.25) is 0 Å². The minimum atomic E-state index is -0.857. The van der Waals surface area contributed by atoms with E-state index in [1.54, 1.807) is 0 Å². The third kappa shape index (κ3) is 3.11. The van der Waals surface area contributed by atoms with Crippen LogP contribution in [0.15, 0.2) is 18.5 Å². The maximum Gasteiger partial charge on any atom is 0.253 e. The van der Waals surface area contributed by atoms with E-state index in [2.05, 4.69) is 15.3 Å². The Hall–Kier alpha value is -1.95. The van der Waals surface area contributed by atoms with E-state index >= 15 is 0 Å². The van der Waals surface area contributed by atoms with Gasteiger partial charge in [0, 0.05) is 6.54 Å². The van der Waals surface area contributed by atoms with E-state index in [0.29, 0.717) is 23.9 Å². The van der Waals surface area contributed by atoms with Crippen LogP contribution < -0.4 is 5.32 Å². The van der Waals surface area contributed by atoms with E-state index < -0.39 is 17.3 Å². The number of nitrogens with one attached hydrogen (secondary N) is 2. The van der Waals surface area contributed by atoms with E-state index in [1.807, 2.05) is 0 Å². The largest absolute Gasteiger partial charge is 0.388 e. The Morgan fingerprint density at radius 1 is 1.32 bits per heavy atom. The van der Waals surface area contributed by atoms with Gasteiger partial charge in [-0.2, -0.15) is 0 Å². The van der Waals surface area contributed by atoms with Crippen molar-refractivity contribution in [3.8, 4) is 0 Å². The monoisotopic (exact) mass is 305 g/mol. The number of hydrogen-bond acceptors (Lipinski definition) is 3. The zero-order chi connectivity index (χ0) is 15.6. The molecule has 1 fully saturated rings. The van der Waals surface area contributed by atoms with Gasteiger partial charge in [0.05, 0.1) is 23.0 Å². The maximum absolute atomic E-state index is 13.6. The highest BCUT2D eigenvalue weighted by atomic mass is 19.1. The van der Waals surface area contributed by atoms with Crippen LogP contribution in [0.1, 0.15) is 48.9 Å². The van der Waals surface area contributed by atoms with Gasteiger partial charge in [-0.15, -0.1) is 0 Å². The SMILES string of the molecule is O=C(NCC1(O)CCCCCC1)c1cc(F)cc2[nH]cnc12. The fraction of sp³-hybridized carbons (Fsp3) is 0.500. The summed E-state index contributed by atoms with van der Waals surface area (Å²) in [4.78, 5) is 19.2. The fourth-order valence-corrected chi connectivity index (χ4v) is 3.09. The summed E-state index contributed by atoms with van der Waals surface area (Å²) in [5.74, 6) is -0.899. The van der Waals surface area contributed by atoms with Crippen molar-refractivity contribution in [2.75, 3.05) is 6.54 Å². The lowest BCUT2D eigenvalue weighted by Gasteiger charge is -2.26. The molecule has 2 aromatic rings. The molecule has 0 bridgehead atoms. The van der Waals surface area contributed by atoms with Gasteiger partial charge in [0.15, 0.2) is 0 Å². The molecule has 1 aromatic heterocycles. The van der Waals surface area contributed by atoms with Gasteiger partial charge in [0.25, 0.3) is 5.91 Å². The van der Waals surface area contributed by atoms with Gasteiger partial charge in [-0.1, -0.05) is 25.7 Å². The molecule has 5 nitrogen and oxygen atoms in total. The number of carbonyl (C=O) groups is 1. The topological polar surface area (TPSA) is 78.0 Å². The lowest BCUT2D eigenvalue weighted by molar-refractivity contribution is 0.0246. The van der Waals surface area contributed by atoms with Crippen LogP contribution in [0.3, 0.4) is 0 Å².